The third-order valence-corrected chi connectivity index (χ3v) is 5.68. The average molecular weight is 373 g/mol. The monoisotopic (exact) mass is 371 g/mol. The molecule has 0 spiro atoms. The Morgan fingerprint density at radius 2 is 2.15 bits per heavy atom. The van der Waals surface area contributed by atoms with Crippen LogP contribution in [0.5, 0.6) is 0 Å². The van der Waals surface area contributed by atoms with Crippen molar-refractivity contribution in [3.8, 4) is 0 Å². The molecule has 2 aromatic rings. The summed E-state index contributed by atoms with van der Waals surface area (Å²) in [6, 6.07) is 8.78. The highest BCUT2D eigenvalue weighted by Crippen LogP contribution is 2.29. The molecule has 4 heteroatoms. The van der Waals surface area contributed by atoms with Crippen molar-refractivity contribution in [1.82, 2.24) is 5.32 Å². The second-order valence-electron chi connectivity index (χ2n) is 4.91. The fourth-order valence-corrected chi connectivity index (χ4v) is 3.86. The first-order chi connectivity index (χ1) is 9.61. The van der Waals surface area contributed by atoms with Crippen molar-refractivity contribution in [3.63, 3.8) is 0 Å². The number of halogens is 2. The van der Waals surface area contributed by atoms with Crippen LogP contribution in [0.4, 0.5) is 0 Å². The molecule has 0 saturated carbocycles. The third-order valence-electron chi connectivity index (χ3n) is 3.32. The minimum Gasteiger partial charge on any atom is -0.310 e. The molecule has 1 heterocycles. The van der Waals surface area contributed by atoms with Gasteiger partial charge in [-0.1, -0.05) is 30.7 Å². The maximum atomic E-state index is 6.27. The van der Waals surface area contributed by atoms with Crippen molar-refractivity contribution in [2.75, 3.05) is 6.54 Å². The zero-order chi connectivity index (χ0) is 14.5. The van der Waals surface area contributed by atoms with E-state index in [1.54, 1.807) is 11.3 Å². The molecule has 1 N–H and O–H groups in total. The normalized spacial score (nSPS) is 12.6. The average Bonchev–Trinajstić information content (AvgIpc) is 2.83. The molecular formula is C16H19BrClNS. The van der Waals surface area contributed by atoms with Crippen LogP contribution in [-0.2, 0) is 6.42 Å². The van der Waals surface area contributed by atoms with Gasteiger partial charge in [-0.3, -0.25) is 0 Å². The van der Waals surface area contributed by atoms with E-state index >= 15 is 0 Å². The Hall–Kier alpha value is -0.350. The van der Waals surface area contributed by atoms with E-state index in [1.165, 1.54) is 14.9 Å². The van der Waals surface area contributed by atoms with E-state index in [9.17, 15) is 0 Å². The summed E-state index contributed by atoms with van der Waals surface area (Å²) < 4.78 is 1.20. The summed E-state index contributed by atoms with van der Waals surface area (Å²) in [4.78, 5) is 1.37. The van der Waals surface area contributed by atoms with Crippen molar-refractivity contribution in [3.05, 3.63) is 55.1 Å². The molecule has 0 saturated heterocycles. The maximum Gasteiger partial charge on any atom is 0.0438 e. The van der Waals surface area contributed by atoms with Gasteiger partial charge in [-0.15, -0.1) is 11.3 Å². The van der Waals surface area contributed by atoms with Crippen LogP contribution >= 0.6 is 38.9 Å². The zero-order valence-electron chi connectivity index (χ0n) is 11.7. The second-order valence-corrected chi connectivity index (χ2v) is 7.17. The summed E-state index contributed by atoms with van der Waals surface area (Å²) in [5.41, 5.74) is 2.39. The lowest BCUT2D eigenvalue weighted by Gasteiger charge is -2.19. The van der Waals surface area contributed by atoms with E-state index in [-0.39, 0.29) is 0 Å². The molecule has 0 aliphatic rings. The van der Waals surface area contributed by atoms with E-state index < -0.39 is 0 Å². The van der Waals surface area contributed by atoms with Gasteiger partial charge in [0.1, 0.15) is 0 Å². The highest BCUT2D eigenvalue weighted by molar-refractivity contribution is 9.10. The summed E-state index contributed by atoms with van der Waals surface area (Å²) in [6.07, 6.45) is 2.11. The summed E-state index contributed by atoms with van der Waals surface area (Å²) in [7, 11) is 0. The maximum absolute atomic E-state index is 6.27. The molecule has 1 aromatic carbocycles. The smallest absolute Gasteiger partial charge is 0.0438 e. The molecule has 0 aliphatic heterocycles. The number of rotatable bonds is 6. The Morgan fingerprint density at radius 1 is 1.35 bits per heavy atom. The van der Waals surface area contributed by atoms with E-state index in [0.717, 1.165) is 30.0 Å². The van der Waals surface area contributed by atoms with Crippen molar-refractivity contribution < 1.29 is 0 Å². The van der Waals surface area contributed by atoms with Gasteiger partial charge in [-0.25, -0.2) is 0 Å². The zero-order valence-corrected chi connectivity index (χ0v) is 14.9. The molecule has 0 fully saturated rings. The van der Waals surface area contributed by atoms with Crippen LogP contribution in [0.25, 0.3) is 0 Å². The summed E-state index contributed by atoms with van der Waals surface area (Å²) >= 11 is 11.7. The molecule has 1 unspecified atom stereocenters. The molecule has 0 aliphatic carbocycles. The van der Waals surface area contributed by atoms with E-state index in [2.05, 4.69) is 57.8 Å². The third kappa shape index (κ3) is 4.08. The van der Waals surface area contributed by atoms with Crippen LogP contribution in [0, 0.1) is 6.92 Å². The number of aryl methyl sites for hydroxylation is 1. The molecule has 2 rings (SSSR count). The molecule has 1 nitrogen and oxygen atoms in total. The SMILES string of the molecule is CCCNC(Cc1sccc1Br)c1ccc(C)c(Cl)c1. The van der Waals surface area contributed by atoms with Crippen molar-refractivity contribution in [2.24, 2.45) is 0 Å². The highest BCUT2D eigenvalue weighted by Gasteiger charge is 2.15. The van der Waals surface area contributed by atoms with Gasteiger partial charge in [-0.2, -0.15) is 0 Å². The molecule has 108 valence electrons. The number of thiophene rings is 1. The Balaban J connectivity index is 2.22. The van der Waals surface area contributed by atoms with E-state index in [4.69, 9.17) is 11.6 Å². The van der Waals surface area contributed by atoms with Crippen LogP contribution in [0.15, 0.2) is 34.1 Å². The van der Waals surface area contributed by atoms with Crippen molar-refractivity contribution >= 4 is 38.9 Å². The van der Waals surface area contributed by atoms with Crippen LogP contribution in [0.2, 0.25) is 5.02 Å². The van der Waals surface area contributed by atoms with Crippen molar-refractivity contribution in [1.29, 1.82) is 0 Å². The molecule has 0 radical (unpaired) electrons. The minimum absolute atomic E-state index is 0.308. The quantitative estimate of drug-likeness (QED) is 0.680. The molecule has 1 atom stereocenters. The number of nitrogens with one attached hydrogen (secondary N) is 1. The first-order valence-corrected chi connectivity index (χ1v) is 8.88. The summed E-state index contributed by atoms with van der Waals surface area (Å²) in [5.74, 6) is 0. The minimum atomic E-state index is 0.308. The molecule has 1 aromatic heterocycles. The molecule has 0 amide bonds. The summed E-state index contributed by atoms with van der Waals surface area (Å²) in [6.45, 7) is 5.24. The molecular weight excluding hydrogens is 354 g/mol. The molecule has 0 bridgehead atoms. The Bertz CT molecular complexity index is 567. The number of benzene rings is 1. The van der Waals surface area contributed by atoms with Crippen LogP contribution < -0.4 is 5.32 Å². The Labute approximate surface area is 138 Å². The lowest BCUT2D eigenvalue weighted by molar-refractivity contribution is 0.531. The van der Waals surface area contributed by atoms with Crippen LogP contribution in [-0.4, -0.2) is 6.54 Å². The van der Waals surface area contributed by atoms with Crippen molar-refractivity contribution in [2.45, 2.75) is 32.7 Å². The Morgan fingerprint density at radius 3 is 2.75 bits per heavy atom. The van der Waals surface area contributed by atoms with Gasteiger partial charge in [0.2, 0.25) is 0 Å². The first kappa shape index (κ1) is 16.0. The largest absolute Gasteiger partial charge is 0.310 e. The predicted octanol–water partition coefficient (Wildman–Crippen LogP) is 5.76. The van der Waals surface area contributed by atoms with Crippen LogP contribution in [0.3, 0.4) is 0 Å². The highest BCUT2D eigenvalue weighted by atomic mass is 79.9. The van der Waals surface area contributed by atoms with Gasteiger partial charge >= 0.3 is 0 Å². The standard InChI is InChI=1S/C16H19BrClNS/c1-3-7-19-15(10-16-13(17)6-8-20-16)12-5-4-11(2)14(18)9-12/h4-6,8-9,15,19H,3,7,10H2,1-2H3. The van der Waals surface area contributed by atoms with E-state index in [0.29, 0.717) is 6.04 Å². The first-order valence-electron chi connectivity index (χ1n) is 6.83. The Kier molecular flexibility index (Phi) is 6.09. The van der Waals surface area contributed by atoms with Gasteiger partial charge in [0.25, 0.3) is 0 Å². The fraction of sp³-hybridized carbons (Fsp3) is 0.375. The van der Waals surface area contributed by atoms with Gasteiger partial charge in [0.05, 0.1) is 0 Å². The number of hydrogen-bond acceptors (Lipinski definition) is 2. The summed E-state index contributed by atoms with van der Waals surface area (Å²) in [5, 5.41) is 6.59. The predicted molar refractivity (Wildman–Crippen MR) is 92.9 cm³/mol. The number of hydrogen-bond donors (Lipinski definition) is 1. The van der Waals surface area contributed by atoms with Gasteiger partial charge in [0.15, 0.2) is 0 Å². The van der Waals surface area contributed by atoms with Gasteiger partial charge < -0.3 is 5.32 Å². The second kappa shape index (κ2) is 7.60. The van der Waals surface area contributed by atoms with E-state index in [1.807, 2.05) is 6.92 Å². The lowest BCUT2D eigenvalue weighted by Crippen LogP contribution is -2.24. The topological polar surface area (TPSA) is 12.0 Å². The lowest BCUT2D eigenvalue weighted by atomic mass is 10.0. The van der Waals surface area contributed by atoms with Gasteiger partial charge in [0, 0.05) is 26.8 Å². The molecule has 20 heavy (non-hydrogen) atoms. The van der Waals surface area contributed by atoms with Crippen LogP contribution in [0.1, 0.15) is 35.4 Å². The van der Waals surface area contributed by atoms with Gasteiger partial charge in [-0.05, 0) is 64.5 Å². The fourth-order valence-electron chi connectivity index (χ4n) is 2.11.